The fourth-order valence-corrected chi connectivity index (χ4v) is 2.90. The molecule has 0 amide bonds. The molecule has 0 aliphatic carbocycles. The number of quaternary nitrogens is 1. The SMILES string of the molecule is Cc1ccc(C=NN2CC[NH+](Cc3ccc(C)cc3)CC2)cc1. The summed E-state index contributed by atoms with van der Waals surface area (Å²) in [7, 11) is 0. The highest BCUT2D eigenvalue weighted by Crippen LogP contribution is 2.03. The van der Waals surface area contributed by atoms with Gasteiger partial charge in [0.25, 0.3) is 0 Å². The van der Waals surface area contributed by atoms with Crippen molar-refractivity contribution in [2.24, 2.45) is 5.10 Å². The molecule has 0 atom stereocenters. The van der Waals surface area contributed by atoms with Crippen LogP contribution in [0.5, 0.6) is 0 Å². The fourth-order valence-electron chi connectivity index (χ4n) is 2.90. The fraction of sp³-hybridized carbons (Fsp3) is 0.350. The second-order valence-electron chi connectivity index (χ2n) is 6.52. The van der Waals surface area contributed by atoms with Crippen LogP contribution in [0.25, 0.3) is 0 Å². The molecule has 1 aliphatic heterocycles. The highest BCUT2D eigenvalue weighted by atomic mass is 15.5. The zero-order chi connectivity index (χ0) is 16.1. The molecule has 1 aliphatic rings. The molecule has 3 nitrogen and oxygen atoms in total. The van der Waals surface area contributed by atoms with Crippen LogP contribution in [0.15, 0.2) is 53.6 Å². The maximum atomic E-state index is 4.63. The van der Waals surface area contributed by atoms with Crippen molar-refractivity contribution in [1.29, 1.82) is 0 Å². The van der Waals surface area contributed by atoms with Gasteiger partial charge in [0.2, 0.25) is 0 Å². The van der Waals surface area contributed by atoms with Gasteiger partial charge >= 0.3 is 0 Å². The molecule has 0 saturated carbocycles. The number of nitrogens with zero attached hydrogens (tertiary/aromatic N) is 2. The van der Waals surface area contributed by atoms with E-state index in [1.54, 1.807) is 4.90 Å². The Morgan fingerprint density at radius 1 is 0.913 bits per heavy atom. The Hall–Kier alpha value is -2.13. The highest BCUT2D eigenvalue weighted by Gasteiger charge is 2.18. The number of piperazine rings is 1. The molecule has 1 N–H and O–H groups in total. The van der Waals surface area contributed by atoms with E-state index in [0.717, 1.165) is 32.7 Å². The zero-order valence-electron chi connectivity index (χ0n) is 14.1. The first-order valence-corrected chi connectivity index (χ1v) is 8.44. The lowest BCUT2D eigenvalue weighted by Gasteiger charge is -2.30. The van der Waals surface area contributed by atoms with E-state index in [1.807, 2.05) is 6.21 Å². The summed E-state index contributed by atoms with van der Waals surface area (Å²) in [6, 6.07) is 17.4. The van der Waals surface area contributed by atoms with Crippen LogP contribution in [0.3, 0.4) is 0 Å². The van der Waals surface area contributed by atoms with E-state index in [0.29, 0.717) is 0 Å². The first-order valence-electron chi connectivity index (χ1n) is 8.44. The summed E-state index contributed by atoms with van der Waals surface area (Å²) in [5.41, 5.74) is 5.22. The van der Waals surface area contributed by atoms with Crippen LogP contribution in [0.4, 0.5) is 0 Å². The second-order valence-corrected chi connectivity index (χ2v) is 6.52. The number of hydrazone groups is 1. The van der Waals surface area contributed by atoms with Crippen LogP contribution in [0.2, 0.25) is 0 Å². The summed E-state index contributed by atoms with van der Waals surface area (Å²) in [5, 5.41) is 6.82. The molecule has 1 saturated heterocycles. The average molecular weight is 308 g/mol. The molecule has 0 aromatic heterocycles. The van der Waals surface area contributed by atoms with Gasteiger partial charge in [-0.25, -0.2) is 0 Å². The molecule has 3 heteroatoms. The van der Waals surface area contributed by atoms with Crippen molar-refractivity contribution < 1.29 is 4.90 Å². The van der Waals surface area contributed by atoms with Crippen molar-refractivity contribution in [2.75, 3.05) is 26.2 Å². The van der Waals surface area contributed by atoms with E-state index in [4.69, 9.17) is 0 Å². The van der Waals surface area contributed by atoms with Crippen molar-refractivity contribution >= 4 is 6.21 Å². The molecule has 3 rings (SSSR count). The van der Waals surface area contributed by atoms with Gasteiger partial charge in [-0.15, -0.1) is 0 Å². The van der Waals surface area contributed by atoms with Crippen LogP contribution in [-0.2, 0) is 6.54 Å². The minimum absolute atomic E-state index is 1.03. The van der Waals surface area contributed by atoms with Crippen molar-refractivity contribution in [1.82, 2.24) is 5.01 Å². The molecule has 1 heterocycles. The molecule has 2 aromatic rings. The summed E-state index contributed by atoms with van der Waals surface area (Å²) in [6.07, 6.45) is 1.98. The van der Waals surface area contributed by atoms with Crippen LogP contribution < -0.4 is 4.90 Å². The zero-order valence-corrected chi connectivity index (χ0v) is 14.1. The maximum absolute atomic E-state index is 4.63. The van der Waals surface area contributed by atoms with Crippen molar-refractivity contribution in [2.45, 2.75) is 20.4 Å². The summed E-state index contributed by atoms with van der Waals surface area (Å²) >= 11 is 0. The van der Waals surface area contributed by atoms with E-state index >= 15 is 0 Å². The smallest absolute Gasteiger partial charge is 0.103 e. The van der Waals surface area contributed by atoms with Gasteiger partial charge in [-0.05, 0) is 19.4 Å². The lowest BCUT2D eigenvalue weighted by atomic mass is 10.1. The minimum atomic E-state index is 1.03. The molecular formula is C20H26N3+. The Morgan fingerprint density at radius 2 is 1.48 bits per heavy atom. The van der Waals surface area contributed by atoms with Crippen molar-refractivity contribution in [3.8, 4) is 0 Å². The van der Waals surface area contributed by atoms with Gasteiger partial charge in [-0.1, -0.05) is 59.7 Å². The van der Waals surface area contributed by atoms with Gasteiger partial charge in [0.1, 0.15) is 6.54 Å². The maximum Gasteiger partial charge on any atom is 0.103 e. The Bertz CT molecular complexity index is 636. The molecular weight excluding hydrogens is 282 g/mol. The van der Waals surface area contributed by atoms with Crippen molar-refractivity contribution in [3.05, 3.63) is 70.8 Å². The molecule has 1 fully saturated rings. The number of benzene rings is 2. The first kappa shape index (κ1) is 15.8. The van der Waals surface area contributed by atoms with E-state index in [2.05, 4.69) is 72.5 Å². The minimum Gasteiger partial charge on any atom is -0.328 e. The van der Waals surface area contributed by atoms with Gasteiger partial charge in [-0.2, -0.15) is 5.10 Å². The third kappa shape index (κ3) is 4.67. The molecule has 2 aromatic carbocycles. The third-order valence-electron chi connectivity index (χ3n) is 4.47. The number of hydrogen-bond acceptors (Lipinski definition) is 2. The van der Waals surface area contributed by atoms with E-state index < -0.39 is 0 Å². The number of nitrogens with one attached hydrogen (secondary N) is 1. The predicted octanol–water partition coefficient (Wildman–Crippen LogP) is 2.04. The first-order chi connectivity index (χ1) is 11.2. The summed E-state index contributed by atoms with van der Waals surface area (Å²) in [6.45, 7) is 9.74. The van der Waals surface area contributed by atoms with Gasteiger partial charge in [-0.3, -0.25) is 5.01 Å². The van der Waals surface area contributed by atoms with Gasteiger partial charge in [0.05, 0.1) is 32.4 Å². The number of rotatable bonds is 4. The highest BCUT2D eigenvalue weighted by molar-refractivity contribution is 5.79. The predicted molar refractivity (Wildman–Crippen MR) is 95.9 cm³/mol. The number of aryl methyl sites for hydroxylation is 2. The standard InChI is InChI=1S/C20H25N3/c1-17-3-7-19(8-4-17)15-21-23-13-11-22(12-14-23)16-20-9-5-18(2)6-10-20/h3-10,15H,11-14,16H2,1-2H3/p+1. The normalized spacial score (nSPS) is 16.2. The molecule has 120 valence electrons. The van der Waals surface area contributed by atoms with E-state index in [-0.39, 0.29) is 0 Å². The second kappa shape index (κ2) is 7.42. The number of hydrogen-bond donors (Lipinski definition) is 1. The molecule has 0 spiro atoms. The third-order valence-corrected chi connectivity index (χ3v) is 4.47. The van der Waals surface area contributed by atoms with Crippen LogP contribution in [0.1, 0.15) is 22.3 Å². The Balaban J connectivity index is 1.48. The van der Waals surface area contributed by atoms with Gasteiger partial charge < -0.3 is 4.90 Å². The van der Waals surface area contributed by atoms with E-state index in [9.17, 15) is 0 Å². The Labute approximate surface area is 139 Å². The lowest BCUT2D eigenvalue weighted by molar-refractivity contribution is -0.918. The van der Waals surface area contributed by atoms with Gasteiger partial charge in [0.15, 0.2) is 0 Å². The Kier molecular flexibility index (Phi) is 5.09. The van der Waals surface area contributed by atoms with E-state index in [1.165, 1.54) is 22.3 Å². The van der Waals surface area contributed by atoms with Crippen molar-refractivity contribution in [3.63, 3.8) is 0 Å². The van der Waals surface area contributed by atoms with Crippen LogP contribution >= 0.6 is 0 Å². The van der Waals surface area contributed by atoms with Gasteiger partial charge in [0, 0.05) is 5.56 Å². The molecule has 0 bridgehead atoms. The Morgan fingerprint density at radius 3 is 2.09 bits per heavy atom. The topological polar surface area (TPSA) is 20.0 Å². The largest absolute Gasteiger partial charge is 0.328 e. The average Bonchev–Trinajstić information content (AvgIpc) is 2.58. The summed E-state index contributed by atoms with van der Waals surface area (Å²) in [5.74, 6) is 0. The lowest BCUT2D eigenvalue weighted by Crippen LogP contribution is -3.13. The monoisotopic (exact) mass is 308 g/mol. The van der Waals surface area contributed by atoms with Crippen LogP contribution in [0, 0.1) is 13.8 Å². The molecule has 23 heavy (non-hydrogen) atoms. The van der Waals surface area contributed by atoms with Crippen LogP contribution in [-0.4, -0.2) is 37.4 Å². The summed E-state index contributed by atoms with van der Waals surface area (Å²) < 4.78 is 0. The molecule has 0 unspecified atom stereocenters. The summed E-state index contributed by atoms with van der Waals surface area (Å²) in [4.78, 5) is 1.65. The quantitative estimate of drug-likeness (QED) is 0.857. The molecule has 0 radical (unpaired) electrons.